The first kappa shape index (κ1) is 32.1. The van der Waals surface area contributed by atoms with E-state index >= 15 is 0 Å². The maximum absolute atomic E-state index is 13.5. The van der Waals surface area contributed by atoms with Crippen LogP contribution in [-0.2, 0) is 19.3 Å². The summed E-state index contributed by atoms with van der Waals surface area (Å²) in [6, 6.07) is 4.61. The highest BCUT2D eigenvalue weighted by Crippen LogP contribution is 2.48. The number of unbranched alkanes of at least 4 members (excludes halogenated alkanes) is 9. The third-order valence-corrected chi connectivity index (χ3v) is 12.7. The van der Waals surface area contributed by atoms with Crippen LogP contribution in [0.3, 0.4) is 0 Å². The smallest absolute Gasteiger partial charge is 0.268 e. The normalized spacial score (nSPS) is 13.2. The molecule has 0 spiro atoms. The Balaban J connectivity index is 1.69. The van der Waals surface area contributed by atoms with Gasteiger partial charge >= 0.3 is 0 Å². The number of aryl methyl sites for hydroxylation is 3. The van der Waals surface area contributed by atoms with Gasteiger partial charge in [0.2, 0.25) is 0 Å². The number of thiophene rings is 3. The Kier molecular flexibility index (Phi) is 12.5. The molecule has 4 heterocycles. The molecule has 3 nitrogen and oxygen atoms in total. The van der Waals surface area contributed by atoms with Crippen LogP contribution in [0.5, 0.6) is 0 Å². The zero-order valence-electron chi connectivity index (χ0n) is 24.0. The van der Waals surface area contributed by atoms with E-state index in [-0.39, 0.29) is 11.8 Å². The van der Waals surface area contributed by atoms with Crippen molar-refractivity contribution in [2.75, 3.05) is 4.90 Å². The van der Waals surface area contributed by atoms with Crippen LogP contribution < -0.4 is 4.90 Å². The zero-order valence-corrected chi connectivity index (χ0v) is 29.6. The van der Waals surface area contributed by atoms with Gasteiger partial charge in [-0.25, -0.2) is 4.90 Å². The van der Waals surface area contributed by atoms with Crippen molar-refractivity contribution in [2.45, 2.75) is 117 Å². The Morgan fingerprint density at radius 2 is 1.07 bits per heavy atom. The van der Waals surface area contributed by atoms with Crippen LogP contribution >= 0.6 is 65.9 Å². The Morgan fingerprint density at radius 1 is 0.600 bits per heavy atom. The van der Waals surface area contributed by atoms with Gasteiger partial charge in [0.25, 0.3) is 11.8 Å². The lowest BCUT2D eigenvalue weighted by Crippen LogP contribution is -2.28. The van der Waals surface area contributed by atoms with Gasteiger partial charge in [-0.05, 0) is 93.6 Å². The highest BCUT2D eigenvalue weighted by Gasteiger charge is 2.42. The first-order chi connectivity index (χ1) is 19.4. The van der Waals surface area contributed by atoms with Gasteiger partial charge in [-0.1, -0.05) is 78.6 Å². The molecule has 1 aliphatic heterocycles. The predicted molar refractivity (Wildman–Crippen MR) is 182 cm³/mol. The van der Waals surface area contributed by atoms with Gasteiger partial charge in [0.1, 0.15) is 5.00 Å². The number of carbonyl (C=O) groups excluding carboxylic acids is 2. The Labute approximate surface area is 269 Å². The van der Waals surface area contributed by atoms with E-state index in [1.54, 1.807) is 11.3 Å². The van der Waals surface area contributed by atoms with Gasteiger partial charge in [0, 0.05) is 14.6 Å². The number of hydrogen-bond acceptors (Lipinski definition) is 5. The van der Waals surface area contributed by atoms with E-state index < -0.39 is 0 Å². The summed E-state index contributed by atoms with van der Waals surface area (Å²) in [4.78, 5) is 32.6. The van der Waals surface area contributed by atoms with Crippen molar-refractivity contribution in [1.82, 2.24) is 0 Å². The molecule has 0 aromatic carbocycles. The topological polar surface area (TPSA) is 37.4 Å². The van der Waals surface area contributed by atoms with Crippen molar-refractivity contribution in [3.8, 4) is 9.75 Å². The largest absolute Gasteiger partial charge is 0.268 e. The minimum atomic E-state index is -0.221. The Hall–Kier alpha value is -0.800. The fraction of sp³-hybridized carbons (Fsp3) is 0.562. The van der Waals surface area contributed by atoms with Crippen LogP contribution in [0.1, 0.15) is 135 Å². The maximum atomic E-state index is 13.5. The zero-order chi connectivity index (χ0) is 28.6. The first-order valence-corrected chi connectivity index (χ1v) is 19.1. The summed E-state index contributed by atoms with van der Waals surface area (Å²) in [7, 11) is 0. The number of carbonyl (C=O) groups is 2. The SMILES string of the molecule is CCCCCCc1cc(CCCCCC)c(-c2sc(N3C(=O)c4c(Br)sc(Br)c4C3=O)cc2CCCCCC)s1. The second kappa shape index (κ2) is 15.6. The minimum absolute atomic E-state index is 0.221. The molecule has 3 aromatic rings. The van der Waals surface area contributed by atoms with Crippen LogP contribution in [0.15, 0.2) is 19.7 Å². The molecule has 3 aromatic heterocycles. The third-order valence-electron chi connectivity index (χ3n) is 7.61. The van der Waals surface area contributed by atoms with Crippen molar-refractivity contribution in [3.63, 3.8) is 0 Å². The van der Waals surface area contributed by atoms with Crippen molar-refractivity contribution >= 4 is 82.7 Å². The number of anilines is 1. The van der Waals surface area contributed by atoms with Gasteiger partial charge in [-0.15, -0.1) is 34.0 Å². The highest BCUT2D eigenvalue weighted by atomic mass is 79.9. The number of nitrogens with zero attached hydrogens (tertiary/aromatic N) is 1. The van der Waals surface area contributed by atoms with Crippen LogP contribution in [0, 0.1) is 0 Å². The van der Waals surface area contributed by atoms with Crippen LogP contribution in [0.4, 0.5) is 5.00 Å². The molecule has 0 N–H and O–H groups in total. The first-order valence-electron chi connectivity index (χ1n) is 15.0. The van der Waals surface area contributed by atoms with E-state index in [0.717, 1.165) is 30.7 Å². The summed E-state index contributed by atoms with van der Waals surface area (Å²) in [5.74, 6) is -0.441. The molecule has 218 valence electrons. The van der Waals surface area contributed by atoms with Gasteiger partial charge in [-0.2, -0.15) is 0 Å². The summed E-state index contributed by atoms with van der Waals surface area (Å²) in [5.41, 5.74) is 3.73. The lowest BCUT2D eigenvalue weighted by atomic mass is 10.0. The van der Waals surface area contributed by atoms with E-state index in [2.05, 4.69) is 64.8 Å². The average Bonchev–Trinajstić information content (AvgIpc) is 3.66. The van der Waals surface area contributed by atoms with Crippen LogP contribution in [0.2, 0.25) is 0 Å². The molecule has 0 radical (unpaired) electrons. The molecular formula is C32H41Br2NO2S3. The van der Waals surface area contributed by atoms with Crippen molar-refractivity contribution in [1.29, 1.82) is 0 Å². The van der Waals surface area contributed by atoms with E-state index in [4.69, 9.17) is 0 Å². The molecule has 40 heavy (non-hydrogen) atoms. The Bertz CT molecular complexity index is 1270. The summed E-state index contributed by atoms with van der Waals surface area (Å²) in [5, 5.41) is 0.755. The average molecular weight is 728 g/mol. The van der Waals surface area contributed by atoms with E-state index in [0.29, 0.717) is 18.7 Å². The van der Waals surface area contributed by atoms with Gasteiger partial charge in [0.05, 0.1) is 18.7 Å². The fourth-order valence-electron chi connectivity index (χ4n) is 5.38. The maximum Gasteiger partial charge on any atom is 0.268 e. The second-order valence-electron chi connectivity index (χ2n) is 10.8. The number of imide groups is 1. The molecule has 8 heteroatoms. The van der Waals surface area contributed by atoms with Crippen molar-refractivity contribution in [2.24, 2.45) is 0 Å². The van der Waals surface area contributed by atoms with Gasteiger partial charge < -0.3 is 0 Å². The number of amides is 2. The second-order valence-corrected chi connectivity index (χ2v) is 16.6. The third kappa shape index (κ3) is 7.39. The highest BCUT2D eigenvalue weighted by molar-refractivity contribution is 9.12. The molecular weight excluding hydrogens is 686 g/mol. The Morgan fingerprint density at radius 3 is 1.60 bits per heavy atom. The molecule has 1 aliphatic rings. The summed E-state index contributed by atoms with van der Waals surface area (Å²) >= 11 is 12.0. The number of fused-ring (bicyclic) bond motifs is 1. The summed E-state index contributed by atoms with van der Waals surface area (Å²) in [6.45, 7) is 6.77. The molecule has 0 aliphatic carbocycles. The van der Waals surface area contributed by atoms with Crippen molar-refractivity contribution < 1.29 is 9.59 Å². The quantitative estimate of drug-likeness (QED) is 0.103. The standard InChI is InChI=1S/C32H41Br2NO2S3/c1-4-7-10-13-16-21-19-23(18-15-12-9-6-3)38-27(21)28-22(17-14-11-8-5-2)20-24(39-28)35-31(36)25-26(32(35)37)30(34)40-29(25)33/h19-20H,4-18H2,1-3H3. The monoisotopic (exact) mass is 725 g/mol. The molecule has 0 saturated heterocycles. The predicted octanol–water partition coefficient (Wildman–Crippen LogP) is 12.2. The van der Waals surface area contributed by atoms with E-state index in [9.17, 15) is 9.59 Å². The fourth-order valence-corrected chi connectivity index (χ4v) is 11.1. The molecule has 0 unspecified atom stereocenters. The molecule has 0 bridgehead atoms. The van der Waals surface area contributed by atoms with Crippen LogP contribution in [0.25, 0.3) is 9.75 Å². The lowest BCUT2D eigenvalue weighted by Gasteiger charge is -2.11. The van der Waals surface area contributed by atoms with Crippen molar-refractivity contribution in [3.05, 3.63) is 46.8 Å². The summed E-state index contributed by atoms with van der Waals surface area (Å²) in [6.07, 6.45) is 18.1. The van der Waals surface area contributed by atoms with E-state index in [1.807, 2.05) is 11.3 Å². The number of hydrogen-bond donors (Lipinski definition) is 0. The van der Waals surface area contributed by atoms with Gasteiger partial charge in [0.15, 0.2) is 0 Å². The molecule has 0 atom stereocenters. The molecule has 4 rings (SSSR count). The molecule has 2 amide bonds. The van der Waals surface area contributed by atoms with Gasteiger partial charge in [-0.3, -0.25) is 9.59 Å². The number of rotatable bonds is 17. The van der Waals surface area contributed by atoms with Crippen LogP contribution in [-0.4, -0.2) is 11.8 Å². The summed E-state index contributed by atoms with van der Waals surface area (Å²) < 4.78 is 1.43. The number of halogens is 2. The van der Waals surface area contributed by atoms with E-state index in [1.165, 1.54) is 113 Å². The molecule has 0 saturated carbocycles. The molecule has 0 fully saturated rings. The lowest BCUT2D eigenvalue weighted by molar-refractivity contribution is 0.0926. The minimum Gasteiger partial charge on any atom is -0.268 e.